The van der Waals surface area contributed by atoms with Crippen LogP contribution in [0, 0.1) is 11.7 Å². The van der Waals surface area contributed by atoms with Gasteiger partial charge in [0, 0.05) is 10.9 Å². The second-order valence-corrected chi connectivity index (χ2v) is 5.79. The SMILES string of the molecule is O=C(CSc1ccccc1F)NC1CCCC1C(=O)O. The summed E-state index contributed by atoms with van der Waals surface area (Å²) in [5.41, 5.74) is 0. The molecule has 4 nitrogen and oxygen atoms in total. The zero-order valence-electron chi connectivity index (χ0n) is 10.8. The van der Waals surface area contributed by atoms with Gasteiger partial charge >= 0.3 is 5.97 Å². The van der Waals surface area contributed by atoms with Crippen molar-refractivity contribution < 1.29 is 19.1 Å². The summed E-state index contributed by atoms with van der Waals surface area (Å²) in [6.45, 7) is 0. The second-order valence-electron chi connectivity index (χ2n) is 4.77. The van der Waals surface area contributed by atoms with Gasteiger partial charge in [0.2, 0.25) is 5.91 Å². The number of rotatable bonds is 5. The van der Waals surface area contributed by atoms with Crippen molar-refractivity contribution in [2.24, 2.45) is 5.92 Å². The predicted molar refractivity (Wildman–Crippen MR) is 74.0 cm³/mol. The second kappa shape index (κ2) is 6.74. The molecule has 2 N–H and O–H groups in total. The number of hydrogen-bond donors (Lipinski definition) is 2. The highest BCUT2D eigenvalue weighted by molar-refractivity contribution is 8.00. The first kappa shape index (κ1) is 14.8. The summed E-state index contributed by atoms with van der Waals surface area (Å²) < 4.78 is 13.4. The fraction of sp³-hybridized carbons (Fsp3) is 0.429. The lowest BCUT2D eigenvalue weighted by Crippen LogP contribution is -2.41. The molecule has 108 valence electrons. The van der Waals surface area contributed by atoms with Crippen molar-refractivity contribution in [1.82, 2.24) is 5.32 Å². The van der Waals surface area contributed by atoms with Gasteiger partial charge < -0.3 is 10.4 Å². The van der Waals surface area contributed by atoms with Crippen molar-refractivity contribution in [3.05, 3.63) is 30.1 Å². The third-order valence-corrected chi connectivity index (χ3v) is 4.42. The number of halogens is 1. The summed E-state index contributed by atoms with van der Waals surface area (Å²) in [6.07, 6.45) is 2.09. The molecule has 1 aliphatic carbocycles. The molecule has 2 unspecified atom stereocenters. The molecule has 0 radical (unpaired) electrons. The highest BCUT2D eigenvalue weighted by Crippen LogP contribution is 2.26. The van der Waals surface area contributed by atoms with Crippen LogP contribution in [0.5, 0.6) is 0 Å². The van der Waals surface area contributed by atoms with Crippen LogP contribution < -0.4 is 5.32 Å². The van der Waals surface area contributed by atoms with Crippen molar-refractivity contribution in [2.75, 3.05) is 5.75 Å². The largest absolute Gasteiger partial charge is 0.481 e. The third-order valence-electron chi connectivity index (χ3n) is 3.37. The summed E-state index contributed by atoms with van der Waals surface area (Å²) in [5, 5.41) is 11.8. The number of benzene rings is 1. The molecule has 2 atom stereocenters. The molecule has 0 aliphatic heterocycles. The molecular formula is C14H16FNO3S. The molecule has 0 heterocycles. The Bertz CT molecular complexity index is 509. The predicted octanol–water partition coefficient (Wildman–Crippen LogP) is 2.29. The Balaban J connectivity index is 1.84. The normalized spacial score (nSPS) is 21.6. The van der Waals surface area contributed by atoms with Crippen LogP contribution in [0.25, 0.3) is 0 Å². The Morgan fingerprint density at radius 2 is 2.10 bits per heavy atom. The lowest BCUT2D eigenvalue weighted by atomic mass is 10.0. The van der Waals surface area contributed by atoms with Gasteiger partial charge in [0.25, 0.3) is 0 Å². The number of nitrogens with one attached hydrogen (secondary N) is 1. The van der Waals surface area contributed by atoms with E-state index in [9.17, 15) is 14.0 Å². The summed E-state index contributed by atoms with van der Waals surface area (Å²) in [7, 11) is 0. The molecule has 2 rings (SSSR count). The van der Waals surface area contributed by atoms with E-state index in [4.69, 9.17) is 5.11 Å². The number of aliphatic carboxylic acids is 1. The number of carboxylic acids is 1. The van der Waals surface area contributed by atoms with Crippen molar-refractivity contribution in [2.45, 2.75) is 30.2 Å². The van der Waals surface area contributed by atoms with Gasteiger partial charge in [-0.15, -0.1) is 11.8 Å². The summed E-state index contributed by atoms with van der Waals surface area (Å²) in [4.78, 5) is 23.2. The van der Waals surface area contributed by atoms with Crippen molar-refractivity contribution >= 4 is 23.6 Å². The Labute approximate surface area is 120 Å². The van der Waals surface area contributed by atoms with Gasteiger partial charge in [0.1, 0.15) is 5.82 Å². The van der Waals surface area contributed by atoms with E-state index in [1.807, 2.05) is 0 Å². The van der Waals surface area contributed by atoms with E-state index in [-0.39, 0.29) is 23.5 Å². The van der Waals surface area contributed by atoms with E-state index in [1.165, 1.54) is 6.07 Å². The summed E-state index contributed by atoms with van der Waals surface area (Å²) in [6, 6.07) is 5.96. The van der Waals surface area contributed by atoms with E-state index in [0.29, 0.717) is 17.7 Å². The molecule has 1 saturated carbocycles. The van der Waals surface area contributed by atoms with Crippen LogP contribution in [-0.2, 0) is 9.59 Å². The van der Waals surface area contributed by atoms with Crippen LogP contribution in [0.2, 0.25) is 0 Å². The minimum absolute atomic E-state index is 0.0871. The molecule has 1 fully saturated rings. The van der Waals surface area contributed by atoms with E-state index in [1.54, 1.807) is 18.2 Å². The minimum atomic E-state index is -0.866. The van der Waals surface area contributed by atoms with Crippen LogP contribution in [0.1, 0.15) is 19.3 Å². The zero-order valence-corrected chi connectivity index (χ0v) is 11.7. The minimum Gasteiger partial charge on any atom is -0.481 e. The Morgan fingerprint density at radius 1 is 1.35 bits per heavy atom. The molecular weight excluding hydrogens is 281 g/mol. The molecule has 1 amide bonds. The molecule has 0 saturated heterocycles. The van der Waals surface area contributed by atoms with Gasteiger partial charge in [0.15, 0.2) is 0 Å². The van der Waals surface area contributed by atoms with Crippen LogP contribution in [0.15, 0.2) is 29.2 Å². The molecule has 0 spiro atoms. The average molecular weight is 297 g/mol. The molecule has 20 heavy (non-hydrogen) atoms. The fourth-order valence-electron chi connectivity index (χ4n) is 2.38. The maximum absolute atomic E-state index is 13.4. The van der Waals surface area contributed by atoms with Crippen LogP contribution in [0.4, 0.5) is 4.39 Å². The Morgan fingerprint density at radius 3 is 2.80 bits per heavy atom. The van der Waals surface area contributed by atoms with Crippen LogP contribution in [-0.4, -0.2) is 28.8 Å². The number of carbonyl (C=O) groups excluding carboxylic acids is 1. The topological polar surface area (TPSA) is 66.4 Å². The molecule has 0 aromatic heterocycles. The number of carboxylic acid groups (broad SMARTS) is 1. The molecule has 1 aromatic rings. The van der Waals surface area contributed by atoms with Crippen LogP contribution >= 0.6 is 11.8 Å². The summed E-state index contributed by atoms with van der Waals surface area (Å²) in [5.74, 6) is -1.89. The first-order valence-electron chi connectivity index (χ1n) is 6.47. The van der Waals surface area contributed by atoms with Gasteiger partial charge in [-0.05, 0) is 25.0 Å². The third kappa shape index (κ3) is 3.72. The monoisotopic (exact) mass is 297 g/mol. The van der Waals surface area contributed by atoms with Gasteiger partial charge in [0.05, 0.1) is 11.7 Å². The smallest absolute Gasteiger partial charge is 0.308 e. The van der Waals surface area contributed by atoms with Crippen molar-refractivity contribution in [3.8, 4) is 0 Å². The highest BCUT2D eigenvalue weighted by Gasteiger charge is 2.33. The van der Waals surface area contributed by atoms with E-state index in [0.717, 1.165) is 18.2 Å². The molecule has 1 aliphatic rings. The van der Waals surface area contributed by atoms with Gasteiger partial charge in [-0.3, -0.25) is 9.59 Å². The highest BCUT2D eigenvalue weighted by atomic mass is 32.2. The van der Waals surface area contributed by atoms with Crippen molar-refractivity contribution in [1.29, 1.82) is 0 Å². The average Bonchev–Trinajstić information content (AvgIpc) is 2.86. The van der Waals surface area contributed by atoms with Crippen molar-refractivity contribution in [3.63, 3.8) is 0 Å². The maximum Gasteiger partial charge on any atom is 0.308 e. The first-order chi connectivity index (χ1) is 9.58. The summed E-state index contributed by atoms with van der Waals surface area (Å²) >= 11 is 1.11. The first-order valence-corrected chi connectivity index (χ1v) is 7.46. The lowest BCUT2D eigenvalue weighted by Gasteiger charge is -2.17. The molecule has 0 bridgehead atoms. The van der Waals surface area contributed by atoms with E-state index in [2.05, 4.69) is 5.32 Å². The standard InChI is InChI=1S/C14H16FNO3S/c15-10-5-1-2-7-12(10)20-8-13(17)16-11-6-3-4-9(11)14(18)19/h1-2,5,7,9,11H,3-4,6,8H2,(H,16,17)(H,18,19). The molecule has 1 aromatic carbocycles. The van der Waals surface area contributed by atoms with Gasteiger partial charge in [-0.25, -0.2) is 4.39 Å². The quantitative estimate of drug-likeness (QED) is 0.818. The van der Waals surface area contributed by atoms with E-state index < -0.39 is 11.9 Å². The fourth-order valence-corrected chi connectivity index (χ4v) is 3.13. The lowest BCUT2D eigenvalue weighted by molar-refractivity contribution is -0.142. The van der Waals surface area contributed by atoms with E-state index >= 15 is 0 Å². The number of carbonyl (C=O) groups is 2. The zero-order chi connectivity index (χ0) is 14.5. The van der Waals surface area contributed by atoms with Crippen LogP contribution in [0.3, 0.4) is 0 Å². The Kier molecular flexibility index (Phi) is 5.00. The van der Waals surface area contributed by atoms with Gasteiger partial charge in [-0.2, -0.15) is 0 Å². The number of hydrogen-bond acceptors (Lipinski definition) is 3. The Hall–Kier alpha value is -1.56. The van der Waals surface area contributed by atoms with Gasteiger partial charge in [-0.1, -0.05) is 18.6 Å². The molecule has 6 heteroatoms. The number of amides is 1. The maximum atomic E-state index is 13.4. The number of thioether (sulfide) groups is 1.